The second-order valence-corrected chi connectivity index (χ2v) is 12.4. The third-order valence-corrected chi connectivity index (χ3v) is 9.96. The number of unbranched alkanes of at least 4 members (excludes halogenated alkanes) is 1. The molecule has 1 fully saturated rings. The van der Waals surface area contributed by atoms with Crippen molar-refractivity contribution in [3.63, 3.8) is 0 Å². The minimum absolute atomic E-state index is 0.199. The third-order valence-electron chi connectivity index (χ3n) is 6.89. The second-order valence-electron chi connectivity index (χ2n) is 9.49. The Bertz CT molecular complexity index is 1340. The molecule has 39 heavy (non-hydrogen) atoms. The van der Waals surface area contributed by atoms with E-state index in [9.17, 15) is 13.2 Å². The van der Waals surface area contributed by atoms with Crippen LogP contribution in [0.3, 0.4) is 0 Å². The normalized spacial score (nSPS) is 14.7. The van der Waals surface area contributed by atoms with Gasteiger partial charge in [0.25, 0.3) is 5.91 Å². The van der Waals surface area contributed by atoms with E-state index in [2.05, 4.69) is 21.2 Å². The fourth-order valence-corrected chi connectivity index (χ4v) is 7.14. The quantitative estimate of drug-likeness (QED) is 0.330. The maximum atomic E-state index is 12.9. The molecule has 0 aliphatic carbocycles. The van der Waals surface area contributed by atoms with Crippen molar-refractivity contribution >= 4 is 42.6 Å². The predicted molar refractivity (Wildman–Crippen MR) is 158 cm³/mol. The molecule has 1 saturated heterocycles. The van der Waals surface area contributed by atoms with Crippen molar-refractivity contribution in [3.05, 3.63) is 48.0 Å². The minimum Gasteiger partial charge on any atom is -0.492 e. The molecule has 1 aliphatic heterocycles. The summed E-state index contributed by atoms with van der Waals surface area (Å²) in [4.78, 5) is 22.4. The molecule has 1 aliphatic rings. The van der Waals surface area contributed by atoms with Crippen LogP contribution in [0.4, 0.5) is 5.13 Å². The number of sulfonamides is 1. The molecule has 0 radical (unpaired) electrons. The topological polar surface area (TPSA) is 95.1 Å². The van der Waals surface area contributed by atoms with E-state index in [-0.39, 0.29) is 10.8 Å². The predicted octanol–water partition coefficient (Wildman–Crippen LogP) is 4.06. The molecule has 0 saturated carbocycles. The van der Waals surface area contributed by atoms with Crippen molar-refractivity contribution in [3.8, 4) is 5.75 Å². The molecule has 1 aromatic heterocycles. The van der Waals surface area contributed by atoms with Crippen LogP contribution in [0.5, 0.6) is 5.75 Å². The summed E-state index contributed by atoms with van der Waals surface area (Å²) in [6.07, 6.45) is 1.75. The van der Waals surface area contributed by atoms with E-state index in [4.69, 9.17) is 9.72 Å². The Kier molecular flexibility index (Phi) is 10.2. The van der Waals surface area contributed by atoms with Gasteiger partial charge >= 0.3 is 0 Å². The van der Waals surface area contributed by atoms with Crippen molar-refractivity contribution in [2.45, 2.75) is 38.5 Å². The molecule has 0 bridgehead atoms. The average Bonchev–Trinajstić information content (AvgIpc) is 3.39. The van der Waals surface area contributed by atoms with Crippen LogP contribution >= 0.6 is 11.3 Å². The number of ether oxygens (including phenoxy) is 1. The molecule has 0 spiro atoms. The van der Waals surface area contributed by atoms with E-state index in [0.717, 1.165) is 66.7 Å². The number of aromatic nitrogens is 1. The number of fused-ring (bicyclic) bond motifs is 1. The number of carbonyl (C=O) groups excluding carboxylic acids is 1. The first kappa shape index (κ1) is 29.3. The van der Waals surface area contributed by atoms with Crippen molar-refractivity contribution in [1.29, 1.82) is 0 Å². The molecule has 212 valence electrons. The Labute approximate surface area is 235 Å². The SMILES string of the molecule is CCCCN(CC)S(=O)(=O)c1ccc(C(=O)NCCN2CCN(c3nc4c(OCC)cccc4s3)CC2)cc1. The van der Waals surface area contributed by atoms with Crippen molar-refractivity contribution in [1.82, 2.24) is 19.5 Å². The number of piperazine rings is 1. The largest absolute Gasteiger partial charge is 0.492 e. The maximum Gasteiger partial charge on any atom is 0.251 e. The highest BCUT2D eigenvalue weighted by atomic mass is 32.2. The van der Waals surface area contributed by atoms with Gasteiger partial charge in [0.1, 0.15) is 11.3 Å². The number of thiazole rings is 1. The van der Waals surface area contributed by atoms with Crippen LogP contribution in [-0.4, -0.2) is 87.5 Å². The fourth-order valence-electron chi connectivity index (χ4n) is 4.62. The Morgan fingerprint density at radius 1 is 1.08 bits per heavy atom. The number of hydrogen-bond donors (Lipinski definition) is 1. The molecule has 3 aromatic rings. The first-order valence-corrected chi connectivity index (χ1v) is 16.0. The number of benzene rings is 2. The highest BCUT2D eigenvalue weighted by Gasteiger charge is 2.23. The lowest BCUT2D eigenvalue weighted by molar-refractivity contribution is 0.0947. The van der Waals surface area contributed by atoms with Gasteiger partial charge in [-0.1, -0.05) is 37.7 Å². The number of amides is 1. The van der Waals surface area contributed by atoms with Crippen LogP contribution < -0.4 is 15.0 Å². The van der Waals surface area contributed by atoms with Gasteiger partial charge in [0.2, 0.25) is 10.0 Å². The monoisotopic (exact) mass is 573 g/mol. The van der Waals surface area contributed by atoms with Gasteiger partial charge in [-0.05, 0) is 49.7 Å². The summed E-state index contributed by atoms with van der Waals surface area (Å²) in [5.41, 5.74) is 1.38. The lowest BCUT2D eigenvalue weighted by Gasteiger charge is -2.34. The van der Waals surface area contributed by atoms with E-state index in [1.165, 1.54) is 16.4 Å². The molecule has 4 rings (SSSR count). The lowest BCUT2D eigenvalue weighted by atomic mass is 10.2. The van der Waals surface area contributed by atoms with Gasteiger partial charge in [0.15, 0.2) is 5.13 Å². The Hall–Kier alpha value is -2.73. The van der Waals surface area contributed by atoms with Gasteiger partial charge in [0, 0.05) is 57.9 Å². The summed E-state index contributed by atoms with van der Waals surface area (Å²) < 4.78 is 34.2. The summed E-state index contributed by atoms with van der Waals surface area (Å²) >= 11 is 1.69. The van der Waals surface area contributed by atoms with Crippen LogP contribution in [0.15, 0.2) is 47.4 Å². The number of carbonyl (C=O) groups is 1. The van der Waals surface area contributed by atoms with Crippen LogP contribution in [0, 0.1) is 0 Å². The van der Waals surface area contributed by atoms with Crippen LogP contribution in [0.25, 0.3) is 10.2 Å². The molecule has 1 N–H and O–H groups in total. The van der Waals surface area contributed by atoms with E-state index < -0.39 is 10.0 Å². The van der Waals surface area contributed by atoms with Crippen molar-refractivity contribution in [2.24, 2.45) is 0 Å². The summed E-state index contributed by atoms with van der Waals surface area (Å²) in [5, 5.41) is 3.98. The van der Waals surface area contributed by atoms with Gasteiger partial charge in [-0.2, -0.15) is 4.31 Å². The molecular formula is C28H39N5O4S2. The van der Waals surface area contributed by atoms with Crippen LogP contribution in [0.1, 0.15) is 44.0 Å². The smallest absolute Gasteiger partial charge is 0.251 e. The molecule has 9 nitrogen and oxygen atoms in total. The van der Waals surface area contributed by atoms with Gasteiger partial charge < -0.3 is 15.0 Å². The summed E-state index contributed by atoms with van der Waals surface area (Å²) in [5.74, 6) is 0.633. The Morgan fingerprint density at radius 2 is 1.82 bits per heavy atom. The third kappa shape index (κ3) is 7.08. The zero-order chi connectivity index (χ0) is 27.8. The number of hydrogen-bond acceptors (Lipinski definition) is 8. The van der Waals surface area contributed by atoms with Crippen molar-refractivity contribution in [2.75, 3.05) is 63.9 Å². The Morgan fingerprint density at radius 3 is 2.49 bits per heavy atom. The van der Waals surface area contributed by atoms with Gasteiger partial charge in [-0.15, -0.1) is 0 Å². The maximum absolute atomic E-state index is 12.9. The summed E-state index contributed by atoms with van der Waals surface area (Å²) in [7, 11) is -3.55. The summed E-state index contributed by atoms with van der Waals surface area (Å²) in [6, 6.07) is 12.3. The standard InChI is InChI=1S/C28H39N5O4S2/c1-4-7-16-33(5-2)39(35,36)23-13-11-22(12-14-23)27(34)29-15-17-31-18-20-32(21-19-31)28-30-26-24(37-6-3)9-8-10-25(26)38-28/h8-14H,4-7,15-21H2,1-3H3,(H,29,34). The second kappa shape index (κ2) is 13.6. The number of para-hydroxylation sites is 1. The average molecular weight is 574 g/mol. The van der Waals surface area contributed by atoms with E-state index >= 15 is 0 Å². The molecular weight excluding hydrogens is 534 g/mol. The van der Waals surface area contributed by atoms with E-state index in [1.54, 1.807) is 23.5 Å². The van der Waals surface area contributed by atoms with E-state index in [1.807, 2.05) is 32.9 Å². The number of nitrogens with one attached hydrogen (secondary N) is 1. The highest BCUT2D eigenvalue weighted by Crippen LogP contribution is 2.34. The van der Waals surface area contributed by atoms with Crippen molar-refractivity contribution < 1.29 is 17.9 Å². The van der Waals surface area contributed by atoms with E-state index in [0.29, 0.717) is 31.8 Å². The fraction of sp³-hybridized carbons (Fsp3) is 0.500. The minimum atomic E-state index is -3.55. The van der Waals surface area contributed by atoms with Gasteiger partial charge in [-0.25, -0.2) is 13.4 Å². The Balaban J connectivity index is 1.24. The van der Waals surface area contributed by atoms with Gasteiger partial charge in [0.05, 0.1) is 16.2 Å². The number of anilines is 1. The zero-order valence-electron chi connectivity index (χ0n) is 23.1. The molecule has 2 aromatic carbocycles. The van der Waals surface area contributed by atoms with Crippen LogP contribution in [0.2, 0.25) is 0 Å². The number of rotatable bonds is 13. The molecule has 1 amide bonds. The molecule has 2 heterocycles. The molecule has 0 atom stereocenters. The molecule has 11 heteroatoms. The first-order valence-electron chi connectivity index (χ1n) is 13.7. The van der Waals surface area contributed by atoms with Crippen LogP contribution in [-0.2, 0) is 10.0 Å². The summed E-state index contributed by atoms with van der Waals surface area (Å²) in [6.45, 7) is 12.2. The highest BCUT2D eigenvalue weighted by molar-refractivity contribution is 7.89. The van der Waals surface area contributed by atoms with Gasteiger partial charge in [-0.3, -0.25) is 9.69 Å². The first-order chi connectivity index (χ1) is 18.9. The lowest BCUT2D eigenvalue weighted by Crippen LogP contribution is -2.48. The number of nitrogens with zero attached hydrogens (tertiary/aromatic N) is 4. The zero-order valence-corrected chi connectivity index (χ0v) is 24.7. The molecule has 0 unspecified atom stereocenters.